The molecule has 0 aliphatic heterocycles. The highest BCUT2D eigenvalue weighted by Gasteiger charge is 2.18. The predicted molar refractivity (Wildman–Crippen MR) is 115 cm³/mol. The van der Waals surface area contributed by atoms with E-state index in [0.717, 1.165) is 11.3 Å². The van der Waals surface area contributed by atoms with E-state index in [1.54, 1.807) is 16.8 Å². The smallest absolute Gasteiger partial charge is 0.264 e. The monoisotopic (exact) mass is 412 g/mol. The number of nitro benzene ring substituents is 1. The molecule has 0 saturated heterocycles. The average molecular weight is 412 g/mol. The number of hydrazone groups is 1. The molecule has 3 aromatic carbocycles. The number of benzene rings is 3. The van der Waals surface area contributed by atoms with Gasteiger partial charge in [-0.3, -0.25) is 14.9 Å². The standard InChI is InChI=1S/C22H16N6O3/c29-22(25-23-15-17-11-7-8-14-19(17)28(30)31)20-24-21(16-9-3-1-4-10-16)27(26-20)18-12-5-2-6-13-18/h1-15H,(H,25,29)/b23-15-. The summed E-state index contributed by atoms with van der Waals surface area (Å²) in [4.78, 5) is 27.5. The summed E-state index contributed by atoms with van der Waals surface area (Å²) in [7, 11) is 0. The van der Waals surface area contributed by atoms with Crippen LogP contribution in [0.25, 0.3) is 17.1 Å². The van der Waals surface area contributed by atoms with Crippen molar-refractivity contribution in [2.24, 2.45) is 5.10 Å². The Bertz CT molecular complexity index is 1200. The fraction of sp³-hybridized carbons (Fsp3) is 0. The van der Waals surface area contributed by atoms with Crippen LogP contribution in [0.1, 0.15) is 16.2 Å². The van der Waals surface area contributed by atoms with Gasteiger partial charge < -0.3 is 0 Å². The van der Waals surface area contributed by atoms with Crippen molar-refractivity contribution in [3.63, 3.8) is 0 Å². The Morgan fingerprint density at radius 2 is 1.61 bits per heavy atom. The lowest BCUT2D eigenvalue weighted by molar-refractivity contribution is -0.385. The van der Waals surface area contributed by atoms with Crippen LogP contribution in [0.3, 0.4) is 0 Å². The number of carbonyl (C=O) groups is 1. The van der Waals surface area contributed by atoms with Crippen LogP contribution >= 0.6 is 0 Å². The second kappa shape index (κ2) is 8.78. The quantitative estimate of drug-likeness (QED) is 0.295. The summed E-state index contributed by atoms with van der Waals surface area (Å²) < 4.78 is 1.58. The zero-order valence-electron chi connectivity index (χ0n) is 16.1. The Kier molecular flexibility index (Phi) is 5.57. The zero-order chi connectivity index (χ0) is 21.6. The maximum absolute atomic E-state index is 12.6. The number of para-hydroxylation sites is 2. The molecule has 0 spiro atoms. The molecule has 1 aromatic heterocycles. The minimum Gasteiger partial charge on any atom is -0.264 e. The molecule has 0 radical (unpaired) electrons. The summed E-state index contributed by atoms with van der Waals surface area (Å²) in [5, 5.41) is 19.3. The first kappa shape index (κ1) is 19.6. The van der Waals surface area contributed by atoms with Crippen molar-refractivity contribution in [3.05, 3.63) is 106 Å². The van der Waals surface area contributed by atoms with Gasteiger partial charge in [0.05, 0.1) is 22.4 Å². The van der Waals surface area contributed by atoms with Crippen molar-refractivity contribution in [2.45, 2.75) is 0 Å². The maximum Gasteiger partial charge on any atom is 0.311 e. The van der Waals surface area contributed by atoms with E-state index < -0.39 is 10.8 Å². The van der Waals surface area contributed by atoms with Crippen LogP contribution in [0.15, 0.2) is 90.0 Å². The molecule has 0 saturated carbocycles. The fourth-order valence-electron chi connectivity index (χ4n) is 2.90. The lowest BCUT2D eigenvalue weighted by Crippen LogP contribution is -2.19. The molecule has 9 nitrogen and oxygen atoms in total. The van der Waals surface area contributed by atoms with Crippen LogP contribution in [0.2, 0.25) is 0 Å². The van der Waals surface area contributed by atoms with Gasteiger partial charge in [0.15, 0.2) is 5.82 Å². The number of hydrogen-bond acceptors (Lipinski definition) is 6. The van der Waals surface area contributed by atoms with Crippen LogP contribution in [-0.4, -0.2) is 31.8 Å². The molecule has 4 rings (SSSR count). The first-order chi connectivity index (χ1) is 15.1. The van der Waals surface area contributed by atoms with E-state index in [1.807, 2.05) is 60.7 Å². The molecule has 1 amide bonds. The highest BCUT2D eigenvalue weighted by molar-refractivity contribution is 5.92. The molecule has 0 bridgehead atoms. The fourth-order valence-corrected chi connectivity index (χ4v) is 2.90. The number of hydrogen-bond donors (Lipinski definition) is 1. The van der Waals surface area contributed by atoms with Gasteiger partial charge in [-0.1, -0.05) is 60.7 Å². The number of nitro groups is 1. The summed E-state index contributed by atoms with van der Waals surface area (Å²) in [5.41, 5.74) is 4.02. The SMILES string of the molecule is O=C(N/N=C\c1ccccc1[N+](=O)[O-])c1nc(-c2ccccc2)n(-c2ccccc2)n1. The van der Waals surface area contributed by atoms with Gasteiger partial charge in [0, 0.05) is 11.6 Å². The number of nitrogens with zero attached hydrogens (tertiary/aromatic N) is 5. The minimum absolute atomic E-state index is 0.0811. The highest BCUT2D eigenvalue weighted by atomic mass is 16.6. The second-order valence-electron chi connectivity index (χ2n) is 6.39. The van der Waals surface area contributed by atoms with Crippen molar-refractivity contribution in [1.29, 1.82) is 0 Å². The van der Waals surface area contributed by atoms with Gasteiger partial charge in [0.1, 0.15) is 0 Å². The summed E-state index contributed by atoms with van der Waals surface area (Å²) in [5.74, 6) is -0.219. The highest BCUT2D eigenvalue weighted by Crippen LogP contribution is 2.21. The third kappa shape index (κ3) is 4.35. The minimum atomic E-state index is -0.637. The van der Waals surface area contributed by atoms with Crippen LogP contribution in [0.5, 0.6) is 0 Å². The van der Waals surface area contributed by atoms with Gasteiger partial charge in [0.2, 0.25) is 5.82 Å². The van der Waals surface area contributed by atoms with E-state index in [0.29, 0.717) is 5.82 Å². The molecule has 0 atom stereocenters. The van der Waals surface area contributed by atoms with Crippen LogP contribution < -0.4 is 5.43 Å². The molecule has 0 fully saturated rings. The average Bonchev–Trinajstić information content (AvgIpc) is 3.26. The number of rotatable bonds is 6. The number of amides is 1. The lowest BCUT2D eigenvalue weighted by Gasteiger charge is -2.05. The first-order valence-electron chi connectivity index (χ1n) is 9.28. The molecule has 1 N–H and O–H groups in total. The topological polar surface area (TPSA) is 115 Å². The third-order valence-electron chi connectivity index (χ3n) is 4.35. The van der Waals surface area contributed by atoms with Gasteiger partial charge >= 0.3 is 5.91 Å². The summed E-state index contributed by atoms with van der Waals surface area (Å²) in [6.45, 7) is 0. The van der Waals surface area contributed by atoms with Gasteiger partial charge in [-0.05, 0) is 18.2 Å². The number of nitrogens with one attached hydrogen (secondary N) is 1. The van der Waals surface area contributed by atoms with Gasteiger partial charge in [0.25, 0.3) is 5.69 Å². The summed E-state index contributed by atoms with van der Waals surface area (Å²) in [6, 6.07) is 24.8. The van der Waals surface area contributed by atoms with Gasteiger partial charge in [-0.15, -0.1) is 5.10 Å². The first-order valence-corrected chi connectivity index (χ1v) is 9.28. The van der Waals surface area contributed by atoms with Crippen molar-refractivity contribution < 1.29 is 9.72 Å². The van der Waals surface area contributed by atoms with Gasteiger partial charge in [-0.25, -0.2) is 15.1 Å². The van der Waals surface area contributed by atoms with Crippen molar-refractivity contribution in [2.75, 3.05) is 0 Å². The van der Waals surface area contributed by atoms with E-state index in [9.17, 15) is 14.9 Å². The van der Waals surface area contributed by atoms with Crippen molar-refractivity contribution >= 4 is 17.8 Å². The van der Waals surface area contributed by atoms with Crippen LogP contribution in [0, 0.1) is 10.1 Å². The predicted octanol–water partition coefficient (Wildman–Crippen LogP) is 3.61. The normalized spacial score (nSPS) is 10.8. The Hall–Kier alpha value is -4.66. The van der Waals surface area contributed by atoms with Crippen molar-refractivity contribution in [3.8, 4) is 17.1 Å². The maximum atomic E-state index is 12.6. The molecule has 0 aliphatic carbocycles. The molecule has 0 unspecified atom stereocenters. The van der Waals surface area contributed by atoms with Crippen LogP contribution in [-0.2, 0) is 0 Å². The Morgan fingerprint density at radius 1 is 0.968 bits per heavy atom. The Balaban J connectivity index is 1.62. The Labute approximate surface area is 176 Å². The van der Waals surface area contributed by atoms with Crippen LogP contribution in [0.4, 0.5) is 5.69 Å². The molecule has 1 heterocycles. The van der Waals surface area contributed by atoms with E-state index in [4.69, 9.17) is 0 Å². The molecule has 9 heteroatoms. The molecular weight excluding hydrogens is 396 g/mol. The summed E-state index contributed by atoms with van der Waals surface area (Å²) in [6.07, 6.45) is 1.21. The largest absolute Gasteiger partial charge is 0.311 e. The number of aromatic nitrogens is 3. The molecule has 31 heavy (non-hydrogen) atoms. The van der Waals surface area contributed by atoms with E-state index in [2.05, 4.69) is 20.6 Å². The van der Waals surface area contributed by atoms with E-state index in [1.165, 1.54) is 18.3 Å². The zero-order valence-corrected chi connectivity index (χ0v) is 16.1. The van der Waals surface area contributed by atoms with Gasteiger partial charge in [-0.2, -0.15) is 5.10 Å². The molecule has 0 aliphatic rings. The molecule has 152 valence electrons. The van der Waals surface area contributed by atoms with Crippen molar-refractivity contribution in [1.82, 2.24) is 20.2 Å². The lowest BCUT2D eigenvalue weighted by atomic mass is 10.2. The van der Waals surface area contributed by atoms with E-state index >= 15 is 0 Å². The molecular formula is C22H16N6O3. The third-order valence-corrected chi connectivity index (χ3v) is 4.35. The second-order valence-corrected chi connectivity index (χ2v) is 6.39. The Morgan fingerprint density at radius 3 is 2.32 bits per heavy atom. The number of carbonyl (C=O) groups excluding carboxylic acids is 1. The summed E-state index contributed by atoms with van der Waals surface area (Å²) >= 11 is 0. The molecule has 4 aromatic rings. The van der Waals surface area contributed by atoms with E-state index in [-0.39, 0.29) is 17.1 Å².